The molecule has 2 atom stereocenters. The number of para-hydroxylation sites is 2. The lowest BCUT2D eigenvalue weighted by atomic mass is 9.33. The summed E-state index contributed by atoms with van der Waals surface area (Å²) in [5.41, 5.74) is -3.76. The van der Waals surface area contributed by atoms with E-state index in [9.17, 15) is 19.2 Å². The lowest BCUT2D eigenvalue weighted by molar-refractivity contribution is 0.195. The molecule has 1 aromatic heterocycles. The molecule has 63 heavy (non-hydrogen) atoms. The molecule has 0 amide bonds. The lowest BCUT2D eigenvalue weighted by Gasteiger charge is -2.51. The molecule has 0 N–H and O–H groups in total. The van der Waals surface area contributed by atoms with Gasteiger partial charge in [0, 0.05) is 49.9 Å². The van der Waals surface area contributed by atoms with Gasteiger partial charge in [0.15, 0.2) is 0 Å². The summed E-state index contributed by atoms with van der Waals surface area (Å²) in [5, 5.41) is 0.286. The lowest BCUT2D eigenvalue weighted by Crippen LogP contribution is -2.61. The number of fused-ring (bicyclic) bond motifs is 9. The summed E-state index contributed by atoms with van der Waals surface area (Å²) in [6, 6.07) is -4.79. The zero-order valence-corrected chi connectivity index (χ0v) is 38.6. The van der Waals surface area contributed by atoms with E-state index in [2.05, 4.69) is 0 Å². The number of anilines is 8. The molecule has 4 aliphatic rings. The van der Waals surface area contributed by atoms with Crippen LogP contribution in [0.2, 0.25) is 0 Å². The van der Waals surface area contributed by atoms with E-state index in [0.29, 0.717) is 24.8 Å². The second-order valence-corrected chi connectivity index (χ2v) is 22.1. The molecule has 3 nitrogen and oxygen atoms in total. The summed E-state index contributed by atoms with van der Waals surface area (Å²) in [7, 11) is 0. The normalized spacial score (nSPS) is 24.6. The fourth-order valence-corrected chi connectivity index (χ4v) is 11.5. The maximum atomic E-state index is 10.5. The molecule has 7 aromatic rings. The molecule has 5 heteroatoms. The van der Waals surface area contributed by atoms with Crippen LogP contribution in [-0.2, 0) is 21.7 Å². The molecule has 2 unspecified atom stereocenters. The molecule has 0 radical (unpaired) electrons. The van der Waals surface area contributed by atoms with Gasteiger partial charge in [0.05, 0.1) is 36.6 Å². The standard InChI is InChI=1S/C58H62BN3S/c1-54(2,3)37-23-27-41(28-24-37)60-47-34-39(56(7,8)9)25-29-45(47)59-51-43-33-38(55(4,5)6)26-30-50(43)63-53(51)61(40-19-13-12-14-20-40)49-36-42(35-48(60)52(49)59)62-46-22-16-15-21-44(46)57(10)31-17-18-32-58(57,62)11/h12-16,19-30,33-36H,17-18,31-32H2,1-11H3/i12D,13D,14D,15D,16D,19D,20D,21D,22D,23D,24D,25D,26D,27D,28D,29D,30D,33D,34D. The van der Waals surface area contributed by atoms with Gasteiger partial charge in [0.1, 0.15) is 0 Å². The third-order valence-electron chi connectivity index (χ3n) is 14.0. The molecule has 4 heterocycles. The van der Waals surface area contributed by atoms with Crippen molar-refractivity contribution in [2.45, 2.75) is 129 Å². The molecule has 0 spiro atoms. The van der Waals surface area contributed by atoms with Crippen molar-refractivity contribution in [3.8, 4) is 0 Å². The average Bonchev–Trinajstić information content (AvgIpc) is 1.32. The van der Waals surface area contributed by atoms with Gasteiger partial charge < -0.3 is 14.7 Å². The van der Waals surface area contributed by atoms with Crippen molar-refractivity contribution in [2.24, 2.45) is 0 Å². The Balaban J connectivity index is 1.46. The Morgan fingerprint density at radius 1 is 0.556 bits per heavy atom. The first-order valence-corrected chi connectivity index (χ1v) is 22.7. The molecule has 11 rings (SSSR count). The van der Waals surface area contributed by atoms with E-state index in [-0.39, 0.29) is 148 Å². The Hall–Kier alpha value is -5.26. The third kappa shape index (κ3) is 5.90. The molecular formula is C58H62BN3S. The Bertz CT molecular complexity index is 4020. The summed E-state index contributed by atoms with van der Waals surface area (Å²) >= 11 is 0.951. The van der Waals surface area contributed by atoms with Crippen molar-refractivity contribution in [1.82, 2.24) is 0 Å². The first kappa shape index (κ1) is 24.7. The van der Waals surface area contributed by atoms with Crippen LogP contribution in [0.1, 0.15) is 150 Å². The quantitative estimate of drug-likeness (QED) is 0.164. The average molecular weight is 863 g/mol. The van der Waals surface area contributed by atoms with Crippen molar-refractivity contribution in [3.63, 3.8) is 0 Å². The van der Waals surface area contributed by atoms with E-state index < -0.39 is 88.3 Å². The summed E-state index contributed by atoms with van der Waals surface area (Å²) < 4.78 is 184. The molecular weight excluding hydrogens is 782 g/mol. The topological polar surface area (TPSA) is 9.72 Å². The monoisotopic (exact) mass is 863 g/mol. The van der Waals surface area contributed by atoms with Gasteiger partial charge in [0.2, 0.25) is 0 Å². The van der Waals surface area contributed by atoms with Crippen LogP contribution < -0.4 is 31.1 Å². The van der Waals surface area contributed by atoms with Crippen molar-refractivity contribution >= 4 is 89.3 Å². The maximum absolute atomic E-state index is 10.5. The van der Waals surface area contributed by atoms with Crippen LogP contribution in [-0.4, -0.2) is 12.3 Å². The van der Waals surface area contributed by atoms with Gasteiger partial charge >= 0.3 is 0 Å². The number of hydrogen-bond acceptors (Lipinski definition) is 4. The van der Waals surface area contributed by atoms with Gasteiger partial charge in [0.25, 0.3) is 6.71 Å². The Morgan fingerprint density at radius 2 is 1.14 bits per heavy atom. The van der Waals surface area contributed by atoms with E-state index in [4.69, 9.17) is 6.85 Å². The molecule has 1 aliphatic carbocycles. The van der Waals surface area contributed by atoms with Gasteiger partial charge in [-0.2, -0.15) is 0 Å². The Morgan fingerprint density at radius 3 is 1.84 bits per heavy atom. The van der Waals surface area contributed by atoms with Gasteiger partial charge in [-0.25, -0.2) is 0 Å². The highest BCUT2D eigenvalue weighted by Gasteiger charge is 2.58. The molecule has 0 saturated heterocycles. The van der Waals surface area contributed by atoms with E-state index in [1.165, 1.54) is 9.80 Å². The molecule has 3 aliphatic heterocycles. The minimum atomic E-state index is -1.32. The van der Waals surface area contributed by atoms with Crippen LogP contribution in [0.4, 0.5) is 44.8 Å². The predicted molar refractivity (Wildman–Crippen MR) is 275 cm³/mol. The first-order valence-electron chi connectivity index (χ1n) is 31.4. The minimum Gasteiger partial charge on any atom is -0.334 e. The summed E-state index contributed by atoms with van der Waals surface area (Å²) in [6.07, 6.45) is 2.43. The fourth-order valence-electron chi connectivity index (χ4n) is 10.3. The van der Waals surface area contributed by atoms with Crippen molar-refractivity contribution in [2.75, 3.05) is 14.7 Å². The second kappa shape index (κ2) is 13.6. The van der Waals surface area contributed by atoms with Crippen LogP contribution in [0.3, 0.4) is 0 Å². The highest BCUT2D eigenvalue weighted by molar-refractivity contribution is 7.26. The Labute approximate surface area is 407 Å². The fraction of sp³-hybridized carbons (Fsp3) is 0.345. The number of benzene rings is 6. The number of hydrogen-bond donors (Lipinski definition) is 0. The van der Waals surface area contributed by atoms with Crippen LogP contribution >= 0.6 is 11.3 Å². The molecule has 318 valence electrons. The van der Waals surface area contributed by atoms with Gasteiger partial charge in [-0.15, -0.1) is 11.3 Å². The number of rotatable bonds is 3. The minimum absolute atomic E-state index is 0.00596. The van der Waals surface area contributed by atoms with Gasteiger partial charge in [-0.3, -0.25) is 0 Å². The van der Waals surface area contributed by atoms with E-state index in [1.807, 2.05) is 39.5 Å². The zero-order valence-electron chi connectivity index (χ0n) is 56.8. The predicted octanol–water partition coefficient (Wildman–Crippen LogP) is 14.6. The van der Waals surface area contributed by atoms with E-state index in [1.54, 1.807) is 53.7 Å². The van der Waals surface area contributed by atoms with Gasteiger partial charge in [-0.05, 0) is 134 Å². The van der Waals surface area contributed by atoms with Crippen LogP contribution in [0.15, 0.2) is 127 Å². The van der Waals surface area contributed by atoms with E-state index >= 15 is 0 Å². The molecule has 1 fully saturated rings. The first-order chi connectivity index (χ1) is 37.8. The third-order valence-corrected chi connectivity index (χ3v) is 15.1. The van der Waals surface area contributed by atoms with Crippen LogP contribution in [0.25, 0.3) is 10.1 Å². The molecule has 1 saturated carbocycles. The Kier molecular flexibility index (Phi) is 5.35. The van der Waals surface area contributed by atoms with Gasteiger partial charge in [-0.1, -0.05) is 155 Å². The van der Waals surface area contributed by atoms with E-state index in [0.717, 1.165) is 17.8 Å². The maximum Gasteiger partial charge on any atom is 0.254 e. The summed E-state index contributed by atoms with van der Waals surface area (Å²) in [4.78, 5) is 4.78. The summed E-state index contributed by atoms with van der Waals surface area (Å²) in [5.74, 6) is 0. The smallest absolute Gasteiger partial charge is 0.254 e. The zero-order chi connectivity index (χ0) is 60.5. The van der Waals surface area contributed by atoms with Crippen molar-refractivity contribution in [1.29, 1.82) is 0 Å². The van der Waals surface area contributed by atoms with Crippen molar-refractivity contribution in [3.05, 3.63) is 149 Å². The molecule has 0 bridgehead atoms. The second-order valence-electron chi connectivity index (χ2n) is 21.1. The van der Waals surface area contributed by atoms with Crippen LogP contribution in [0, 0.1) is 0 Å². The molecule has 6 aromatic carbocycles. The summed E-state index contributed by atoms with van der Waals surface area (Å²) in [6.45, 7) is 18.8. The number of thiophene rings is 1. The van der Waals surface area contributed by atoms with Crippen LogP contribution in [0.5, 0.6) is 0 Å². The largest absolute Gasteiger partial charge is 0.334 e. The number of nitrogens with zero attached hydrogens (tertiary/aromatic N) is 3. The highest BCUT2D eigenvalue weighted by Crippen LogP contribution is 2.62. The SMILES string of the molecule is [2H]c1c([2H])c([2H])c(N2c3cc(N4c5c([2H])c([2H])c([2H])c([2H])c5C5(C)CCCCC45C)cc4c3B(c3c([2H])c([2H])c(C(C)(C)C)c([2H])c3N4c3c([2H])c([2H])c(C(C)(C)C)c([2H])c3[2H])c3c2sc2c([2H])c([2H])c(C(C)(C)C)c([2H])c32)c([2H])c1[2H]. The van der Waals surface area contributed by atoms with Crippen molar-refractivity contribution < 1.29 is 26.0 Å². The highest BCUT2D eigenvalue weighted by atomic mass is 32.1.